The summed E-state index contributed by atoms with van der Waals surface area (Å²) in [5.41, 5.74) is 1.10. The number of fused-ring (bicyclic) bond motifs is 1. The van der Waals surface area contributed by atoms with Crippen LogP contribution in [-0.4, -0.2) is 66.2 Å². The second-order valence-electron chi connectivity index (χ2n) is 9.75. The fourth-order valence-electron chi connectivity index (χ4n) is 4.54. The lowest BCUT2D eigenvalue weighted by Gasteiger charge is -2.31. The first-order valence-electron chi connectivity index (χ1n) is 11.9. The molecule has 1 fully saturated rings. The maximum absolute atomic E-state index is 15.6. The Morgan fingerprint density at radius 3 is 2.57 bits per heavy atom. The summed E-state index contributed by atoms with van der Waals surface area (Å²) in [6, 6.07) is 7.59. The minimum atomic E-state index is -1.21. The minimum absolute atomic E-state index is 0.126. The number of benzene rings is 1. The van der Waals surface area contributed by atoms with Crippen LogP contribution in [0.1, 0.15) is 30.8 Å². The topological polar surface area (TPSA) is 105 Å². The molecule has 0 bridgehead atoms. The van der Waals surface area contributed by atoms with Gasteiger partial charge >= 0.3 is 6.09 Å². The molecule has 37 heavy (non-hydrogen) atoms. The number of aromatic nitrogens is 4. The zero-order chi connectivity index (χ0) is 26.5. The van der Waals surface area contributed by atoms with Crippen molar-refractivity contribution in [2.75, 3.05) is 19.7 Å². The SMILES string of the molecule is Cc1ccn2c(C[C@H]3CN(C(=O)O)CCO3)c(-c3c(F)cc(-n4ccc(C(C)(C)O)n4)cc3F)nc2c1. The summed E-state index contributed by atoms with van der Waals surface area (Å²) in [5, 5.41) is 23.8. The predicted molar refractivity (Wildman–Crippen MR) is 131 cm³/mol. The number of ether oxygens (including phenoxy) is 1. The normalized spacial score (nSPS) is 16.5. The monoisotopic (exact) mass is 511 g/mol. The summed E-state index contributed by atoms with van der Waals surface area (Å²) in [4.78, 5) is 17.3. The molecule has 3 aromatic heterocycles. The number of imidazole rings is 1. The number of aryl methyl sites for hydroxylation is 1. The smallest absolute Gasteiger partial charge is 0.407 e. The van der Waals surface area contributed by atoms with Gasteiger partial charge in [0.15, 0.2) is 0 Å². The lowest BCUT2D eigenvalue weighted by molar-refractivity contribution is -0.0214. The third-order valence-electron chi connectivity index (χ3n) is 6.46. The molecule has 1 aliphatic rings. The Bertz CT molecular complexity index is 1470. The molecule has 4 heterocycles. The number of halogens is 2. The Balaban J connectivity index is 1.58. The van der Waals surface area contributed by atoms with Crippen molar-refractivity contribution in [3.63, 3.8) is 0 Å². The van der Waals surface area contributed by atoms with E-state index in [4.69, 9.17) is 4.74 Å². The molecule has 1 atom stereocenters. The van der Waals surface area contributed by atoms with Gasteiger partial charge in [0, 0.05) is 37.5 Å². The lowest BCUT2D eigenvalue weighted by Crippen LogP contribution is -2.45. The van der Waals surface area contributed by atoms with Gasteiger partial charge in [-0.25, -0.2) is 23.2 Å². The Hall–Kier alpha value is -3.83. The van der Waals surface area contributed by atoms with Crippen LogP contribution in [0.2, 0.25) is 0 Å². The van der Waals surface area contributed by atoms with E-state index < -0.39 is 29.4 Å². The van der Waals surface area contributed by atoms with Crippen molar-refractivity contribution in [2.45, 2.75) is 38.9 Å². The average molecular weight is 512 g/mol. The van der Waals surface area contributed by atoms with E-state index in [9.17, 15) is 15.0 Å². The van der Waals surface area contributed by atoms with Gasteiger partial charge in [-0.3, -0.25) is 0 Å². The molecule has 2 N–H and O–H groups in total. The highest BCUT2D eigenvalue weighted by Crippen LogP contribution is 2.33. The average Bonchev–Trinajstić information content (AvgIpc) is 3.45. The zero-order valence-electron chi connectivity index (χ0n) is 20.7. The quantitative estimate of drug-likeness (QED) is 0.421. The van der Waals surface area contributed by atoms with Crippen LogP contribution in [-0.2, 0) is 16.8 Å². The summed E-state index contributed by atoms with van der Waals surface area (Å²) >= 11 is 0. The Labute approximate surface area is 211 Å². The maximum atomic E-state index is 15.6. The zero-order valence-corrected chi connectivity index (χ0v) is 20.7. The number of nitrogens with zero attached hydrogens (tertiary/aromatic N) is 5. The van der Waals surface area contributed by atoms with Gasteiger partial charge < -0.3 is 24.3 Å². The molecular weight excluding hydrogens is 484 g/mol. The van der Waals surface area contributed by atoms with Crippen molar-refractivity contribution in [3.05, 3.63) is 71.3 Å². The second kappa shape index (κ2) is 9.24. The Kier molecular flexibility index (Phi) is 6.20. The van der Waals surface area contributed by atoms with Gasteiger partial charge in [0.05, 0.1) is 47.6 Å². The van der Waals surface area contributed by atoms with E-state index >= 15 is 8.78 Å². The first kappa shape index (κ1) is 24.8. The van der Waals surface area contributed by atoms with Gasteiger partial charge in [0.25, 0.3) is 0 Å². The highest BCUT2D eigenvalue weighted by Gasteiger charge is 2.29. The van der Waals surface area contributed by atoms with Crippen molar-refractivity contribution < 1.29 is 28.5 Å². The van der Waals surface area contributed by atoms with Crippen LogP contribution in [0.15, 0.2) is 42.7 Å². The summed E-state index contributed by atoms with van der Waals surface area (Å²) < 4.78 is 40.0. The van der Waals surface area contributed by atoms with Crippen molar-refractivity contribution in [1.82, 2.24) is 24.1 Å². The van der Waals surface area contributed by atoms with Crippen LogP contribution < -0.4 is 0 Å². The van der Waals surface area contributed by atoms with E-state index in [1.54, 1.807) is 30.5 Å². The molecule has 0 unspecified atom stereocenters. The van der Waals surface area contributed by atoms with Crippen molar-refractivity contribution in [3.8, 4) is 16.9 Å². The number of carboxylic acid groups (broad SMARTS) is 1. The molecule has 11 heteroatoms. The van der Waals surface area contributed by atoms with E-state index in [1.165, 1.54) is 27.9 Å². The third-order valence-corrected chi connectivity index (χ3v) is 6.46. The predicted octanol–water partition coefficient (Wildman–Crippen LogP) is 3.92. The van der Waals surface area contributed by atoms with Gasteiger partial charge in [-0.05, 0) is 44.5 Å². The lowest BCUT2D eigenvalue weighted by atomic mass is 10.0. The van der Waals surface area contributed by atoms with E-state index in [0.717, 1.165) is 5.56 Å². The highest BCUT2D eigenvalue weighted by atomic mass is 19.1. The number of morpholine rings is 1. The third kappa shape index (κ3) is 4.79. The van der Waals surface area contributed by atoms with Gasteiger partial charge in [0.1, 0.15) is 22.9 Å². The largest absolute Gasteiger partial charge is 0.465 e. The molecule has 9 nitrogen and oxygen atoms in total. The van der Waals surface area contributed by atoms with Crippen LogP contribution in [0.4, 0.5) is 13.6 Å². The number of aliphatic hydroxyl groups is 1. The number of carbonyl (C=O) groups is 1. The van der Waals surface area contributed by atoms with Gasteiger partial charge in [-0.1, -0.05) is 0 Å². The van der Waals surface area contributed by atoms with E-state index in [1.807, 2.05) is 19.1 Å². The molecule has 1 aliphatic heterocycles. The van der Waals surface area contributed by atoms with Gasteiger partial charge in [-0.2, -0.15) is 5.10 Å². The first-order valence-corrected chi connectivity index (χ1v) is 11.9. The summed E-state index contributed by atoms with van der Waals surface area (Å²) in [7, 11) is 0. The number of hydrogen-bond acceptors (Lipinski definition) is 5. The minimum Gasteiger partial charge on any atom is -0.465 e. The summed E-state index contributed by atoms with van der Waals surface area (Å²) in [5.74, 6) is -1.65. The van der Waals surface area contributed by atoms with Crippen LogP contribution >= 0.6 is 0 Å². The number of amides is 1. The maximum Gasteiger partial charge on any atom is 0.407 e. The fraction of sp³-hybridized carbons (Fsp3) is 0.346. The summed E-state index contributed by atoms with van der Waals surface area (Å²) in [6.07, 6.45) is 1.97. The molecule has 1 saturated heterocycles. The van der Waals surface area contributed by atoms with Gasteiger partial charge in [-0.15, -0.1) is 0 Å². The van der Waals surface area contributed by atoms with E-state index in [0.29, 0.717) is 17.0 Å². The van der Waals surface area contributed by atoms with Crippen LogP contribution in [0, 0.1) is 18.6 Å². The standard InChI is InChI=1S/C26H27F2N5O4/c1-15-4-6-32-20(13-17-14-31(25(34)35)8-9-37-17)24(29-22(32)10-15)23-18(27)11-16(12-19(23)28)33-7-5-21(30-33)26(2,3)36/h4-7,10-12,17,36H,8-9,13-14H2,1-3H3,(H,34,35)/t17-/m0/s1. The van der Waals surface area contributed by atoms with Gasteiger partial charge in [0.2, 0.25) is 0 Å². The number of hydrogen-bond donors (Lipinski definition) is 2. The molecule has 1 amide bonds. The van der Waals surface area contributed by atoms with E-state index in [2.05, 4.69) is 10.1 Å². The molecule has 0 radical (unpaired) electrons. The number of rotatable bonds is 5. The first-order chi connectivity index (χ1) is 17.5. The van der Waals surface area contributed by atoms with Crippen LogP contribution in [0.25, 0.3) is 22.6 Å². The fourth-order valence-corrected chi connectivity index (χ4v) is 4.54. The molecule has 0 spiro atoms. The molecule has 0 saturated carbocycles. The van der Waals surface area contributed by atoms with Crippen LogP contribution in [0.5, 0.6) is 0 Å². The molecule has 5 rings (SSSR count). The van der Waals surface area contributed by atoms with Crippen molar-refractivity contribution in [2.24, 2.45) is 0 Å². The second-order valence-corrected chi connectivity index (χ2v) is 9.75. The Morgan fingerprint density at radius 2 is 1.92 bits per heavy atom. The van der Waals surface area contributed by atoms with Crippen molar-refractivity contribution >= 4 is 11.7 Å². The Morgan fingerprint density at radius 1 is 1.19 bits per heavy atom. The highest BCUT2D eigenvalue weighted by molar-refractivity contribution is 5.69. The van der Waals surface area contributed by atoms with Crippen LogP contribution in [0.3, 0.4) is 0 Å². The molecule has 0 aliphatic carbocycles. The van der Waals surface area contributed by atoms with Crippen molar-refractivity contribution in [1.29, 1.82) is 0 Å². The molecule has 1 aromatic carbocycles. The van der Waals surface area contributed by atoms with E-state index in [-0.39, 0.29) is 43.1 Å². The number of pyridine rings is 1. The molecule has 4 aromatic rings. The molecule has 194 valence electrons. The summed E-state index contributed by atoms with van der Waals surface area (Å²) in [6.45, 7) is 5.67. The molecular formula is C26H27F2N5O4.